The molecule has 0 fully saturated rings. The summed E-state index contributed by atoms with van der Waals surface area (Å²) >= 11 is 0. The fourth-order valence-electron chi connectivity index (χ4n) is 2.80. The third kappa shape index (κ3) is 3.55. The monoisotopic (exact) mass is 436 g/mol. The first-order valence-corrected chi connectivity index (χ1v) is 16.3. The van der Waals surface area contributed by atoms with Crippen molar-refractivity contribution in [3.05, 3.63) is 48.5 Å². The van der Waals surface area contributed by atoms with E-state index in [0.717, 1.165) is 13.2 Å². The fraction of sp³-hybridized carbons (Fsp3) is 0.350. The van der Waals surface area contributed by atoms with Crippen LogP contribution in [0.25, 0.3) is 0 Å². The molecule has 2 aliphatic rings. The number of benzene rings is 2. The first-order chi connectivity index (χ1) is 13.0. The Morgan fingerprint density at radius 1 is 0.786 bits per heavy atom. The van der Waals surface area contributed by atoms with Gasteiger partial charge in [-0.15, -0.1) is 0 Å². The molecule has 0 aliphatic carbocycles. The van der Waals surface area contributed by atoms with Crippen molar-refractivity contribution in [2.45, 2.75) is 40.4 Å². The van der Waals surface area contributed by atoms with E-state index in [2.05, 4.69) is 40.4 Å². The second-order valence-electron chi connectivity index (χ2n) is 8.93. The van der Waals surface area contributed by atoms with Gasteiger partial charge in [0, 0.05) is 0 Å². The van der Waals surface area contributed by atoms with Crippen molar-refractivity contribution in [1.82, 2.24) is 0 Å². The summed E-state index contributed by atoms with van der Waals surface area (Å²) in [7, 11) is -4.80. The van der Waals surface area contributed by atoms with E-state index in [-0.39, 0.29) is 5.41 Å². The molecule has 0 amide bonds. The van der Waals surface area contributed by atoms with Crippen LogP contribution < -0.4 is 18.1 Å². The Morgan fingerprint density at radius 2 is 1.14 bits per heavy atom. The molecule has 0 saturated carbocycles. The molecular weight excluding hydrogens is 410 g/mol. The van der Waals surface area contributed by atoms with Gasteiger partial charge in [-0.2, -0.15) is 0 Å². The molecule has 0 bridgehead atoms. The van der Waals surface area contributed by atoms with Gasteiger partial charge in [0.15, 0.2) is 0 Å². The first kappa shape index (κ1) is 19.7. The van der Waals surface area contributed by atoms with Gasteiger partial charge in [-0.1, -0.05) is 0 Å². The van der Waals surface area contributed by atoms with E-state index in [0.29, 0.717) is 23.0 Å². The fourth-order valence-corrected chi connectivity index (χ4v) is 10.3. The molecule has 2 aliphatic heterocycles. The summed E-state index contributed by atoms with van der Waals surface area (Å²) in [5.74, 6) is 2.24. The molecule has 0 atom stereocenters. The first-order valence-electron chi connectivity index (χ1n) is 9.29. The van der Waals surface area contributed by atoms with Crippen LogP contribution in [-0.4, -0.2) is 13.2 Å². The van der Waals surface area contributed by atoms with E-state index < -0.39 is 15.5 Å². The van der Waals surface area contributed by atoms with Crippen LogP contribution in [0.3, 0.4) is 0 Å². The number of fused-ring (bicyclic) bond motifs is 2. The molecule has 0 radical (unpaired) electrons. The van der Waals surface area contributed by atoms with Crippen molar-refractivity contribution in [2.75, 3.05) is 0 Å². The molecule has 28 heavy (non-hydrogen) atoms. The quantitative estimate of drug-likeness (QED) is 0.382. The summed E-state index contributed by atoms with van der Waals surface area (Å²) < 4.78 is 31.8. The van der Waals surface area contributed by atoms with Crippen LogP contribution in [0.15, 0.2) is 48.5 Å². The molecule has 0 aromatic heterocycles. The maximum atomic E-state index is 6.63. The topological polar surface area (TPSA) is 46.2 Å². The number of hydrogen-bond acceptors (Lipinski definition) is 5. The van der Waals surface area contributed by atoms with Crippen molar-refractivity contribution in [3.63, 3.8) is 0 Å². The number of rotatable bonds is 3. The second kappa shape index (κ2) is 6.21. The minimum atomic E-state index is -4.42. The zero-order valence-corrected chi connectivity index (χ0v) is 19.8. The van der Waals surface area contributed by atoms with Gasteiger partial charge in [0.05, 0.1) is 0 Å². The van der Waals surface area contributed by atoms with Crippen LogP contribution in [-0.2, 0) is 4.52 Å². The number of hydrogen-bond donors (Lipinski definition) is 0. The minimum absolute atomic E-state index is 0.239. The van der Waals surface area contributed by atoms with E-state index >= 15 is 0 Å². The van der Waals surface area contributed by atoms with Gasteiger partial charge in [0.1, 0.15) is 0 Å². The third-order valence-electron chi connectivity index (χ3n) is 4.00. The SMILES string of the molecule is CC(C)(C)C(OP12(Oc3ccccc3O1)Oc1ccccc1O2)=P[Si](C)(C)C. The van der Waals surface area contributed by atoms with Crippen molar-refractivity contribution in [1.29, 1.82) is 0 Å². The Kier molecular flexibility index (Phi) is 4.37. The molecule has 0 unspecified atom stereocenters. The van der Waals surface area contributed by atoms with E-state index in [9.17, 15) is 0 Å². The van der Waals surface area contributed by atoms with E-state index in [1.807, 2.05) is 48.5 Å². The molecule has 0 saturated heterocycles. The molecule has 4 rings (SSSR count). The third-order valence-corrected chi connectivity index (χ3v) is 10.9. The number of para-hydroxylation sites is 4. The van der Waals surface area contributed by atoms with Crippen LogP contribution in [0, 0.1) is 5.41 Å². The molecule has 2 aromatic carbocycles. The average Bonchev–Trinajstić information content (AvgIpc) is 3.05. The molecule has 1 spiro atoms. The Hall–Kier alpha value is -1.58. The van der Waals surface area contributed by atoms with Gasteiger partial charge in [-0.25, -0.2) is 0 Å². The molecule has 2 aromatic rings. The average molecular weight is 436 g/mol. The van der Waals surface area contributed by atoms with Crippen LogP contribution in [0.4, 0.5) is 0 Å². The molecule has 5 nitrogen and oxygen atoms in total. The van der Waals surface area contributed by atoms with Crippen molar-refractivity contribution < 1.29 is 22.6 Å². The summed E-state index contributed by atoms with van der Waals surface area (Å²) in [5.41, 5.74) is 0.613. The zero-order valence-electron chi connectivity index (χ0n) is 17.1. The van der Waals surface area contributed by atoms with Crippen LogP contribution in [0.1, 0.15) is 20.8 Å². The van der Waals surface area contributed by atoms with Gasteiger partial charge >= 0.3 is 169 Å². The molecule has 0 N–H and O–H groups in total. The van der Waals surface area contributed by atoms with Gasteiger partial charge in [0.2, 0.25) is 0 Å². The predicted octanol–water partition coefficient (Wildman–Crippen LogP) is 7.03. The van der Waals surface area contributed by atoms with E-state index in [1.54, 1.807) is 0 Å². The molecule has 150 valence electrons. The summed E-state index contributed by atoms with van der Waals surface area (Å²) in [4.78, 5) is 0. The van der Waals surface area contributed by atoms with Crippen LogP contribution >= 0.6 is 15.5 Å². The normalized spacial score (nSPS) is 20.6. The summed E-state index contributed by atoms with van der Waals surface area (Å²) in [6, 6.07) is 14.9. The summed E-state index contributed by atoms with van der Waals surface area (Å²) in [6.07, 6.45) is 0. The van der Waals surface area contributed by atoms with Gasteiger partial charge in [0.25, 0.3) is 0 Å². The van der Waals surface area contributed by atoms with E-state index in [1.165, 1.54) is 0 Å². The second-order valence-corrected chi connectivity index (χ2v) is 21.0. The van der Waals surface area contributed by atoms with Crippen molar-refractivity contribution in [2.24, 2.45) is 5.41 Å². The zero-order chi connectivity index (χ0) is 20.2. The predicted molar refractivity (Wildman–Crippen MR) is 118 cm³/mol. The summed E-state index contributed by atoms with van der Waals surface area (Å²) in [5, 5.41) is 0. The Labute approximate surface area is 168 Å². The summed E-state index contributed by atoms with van der Waals surface area (Å²) in [6.45, 7) is 13.3. The van der Waals surface area contributed by atoms with Crippen molar-refractivity contribution >= 4 is 28.7 Å². The molecular formula is C20H26O5P2Si. The van der Waals surface area contributed by atoms with Crippen molar-refractivity contribution in [3.8, 4) is 23.0 Å². The van der Waals surface area contributed by atoms with Crippen LogP contribution in [0.5, 0.6) is 23.0 Å². The maximum absolute atomic E-state index is 6.63. The van der Waals surface area contributed by atoms with Crippen LogP contribution in [0.2, 0.25) is 19.6 Å². The van der Waals surface area contributed by atoms with Gasteiger partial charge < -0.3 is 0 Å². The molecule has 2 heterocycles. The van der Waals surface area contributed by atoms with Gasteiger partial charge in [-0.05, 0) is 0 Å². The van der Waals surface area contributed by atoms with E-state index in [4.69, 9.17) is 22.6 Å². The Bertz CT molecular complexity index is 849. The molecule has 8 heteroatoms. The standard InChI is InChI=1S/C20H26O5P2Si/c1-20(2,3)19(26-28(4,5)6)25-27(21-15-11-7-8-12-16(15)22-27)23-17-13-9-10-14-18(17)24-27/h7-14H,1-6H3. The Morgan fingerprint density at radius 3 is 1.43 bits per heavy atom. The van der Waals surface area contributed by atoms with Gasteiger partial charge in [-0.3, -0.25) is 0 Å². The Balaban J connectivity index is 1.84.